The van der Waals surface area contributed by atoms with Gasteiger partial charge < -0.3 is 14.8 Å². The molecule has 2 aliphatic heterocycles. The Morgan fingerprint density at radius 3 is 2.42 bits per heavy atom. The largest absolute Gasteiger partial charge is 0.345 e. The van der Waals surface area contributed by atoms with Crippen molar-refractivity contribution >= 4 is 28.4 Å². The lowest BCUT2D eigenvalue weighted by Crippen LogP contribution is -2.53. The first kappa shape index (κ1) is 21.3. The Bertz CT molecular complexity index is 985. The van der Waals surface area contributed by atoms with Crippen LogP contribution in [0.3, 0.4) is 0 Å². The van der Waals surface area contributed by atoms with Gasteiger partial charge in [0.1, 0.15) is 11.2 Å². The number of likely N-dealkylation sites (tertiary alicyclic amines) is 1. The number of aromatic amines is 1. The van der Waals surface area contributed by atoms with E-state index < -0.39 is 4.92 Å². The van der Waals surface area contributed by atoms with Crippen LogP contribution >= 0.6 is 0 Å². The number of nitro groups is 1. The van der Waals surface area contributed by atoms with Gasteiger partial charge in [0.15, 0.2) is 0 Å². The summed E-state index contributed by atoms with van der Waals surface area (Å²) in [6.07, 6.45) is 1.17. The number of rotatable bonds is 4. The minimum atomic E-state index is -0.452. The molecule has 0 spiro atoms. The van der Waals surface area contributed by atoms with Crippen molar-refractivity contribution in [1.29, 1.82) is 0 Å². The van der Waals surface area contributed by atoms with E-state index in [0.29, 0.717) is 61.2 Å². The number of benzene rings is 1. The molecule has 1 aromatic heterocycles. The van der Waals surface area contributed by atoms with E-state index in [-0.39, 0.29) is 17.5 Å². The highest BCUT2D eigenvalue weighted by molar-refractivity contribution is 6.00. The number of piperazine rings is 1. The maximum Gasteiger partial charge on any atom is 0.293 e. The fourth-order valence-electron chi connectivity index (χ4n) is 4.84. The second-order valence-corrected chi connectivity index (χ2v) is 8.99. The molecular weight excluding hydrogens is 398 g/mol. The number of hydrogen-bond donors (Lipinski definition) is 1. The number of amides is 2. The van der Waals surface area contributed by atoms with Crippen LogP contribution in [0.25, 0.3) is 10.9 Å². The summed E-state index contributed by atoms with van der Waals surface area (Å²) in [7, 11) is 0. The zero-order valence-electron chi connectivity index (χ0n) is 18.0. The number of fused-ring (bicyclic) bond motifs is 1. The monoisotopic (exact) mass is 427 g/mol. The van der Waals surface area contributed by atoms with E-state index in [9.17, 15) is 19.7 Å². The van der Waals surface area contributed by atoms with E-state index in [4.69, 9.17) is 0 Å². The highest BCUT2D eigenvalue weighted by Gasteiger charge is 2.29. The van der Waals surface area contributed by atoms with Crippen molar-refractivity contribution in [2.24, 2.45) is 11.8 Å². The molecule has 2 amide bonds. The molecule has 166 valence electrons. The molecule has 2 atom stereocenters. The van der Waals surface area contributed by atoms with Gasteiger partial charge in [-0.3, -0.25) is 24.6 Å². The molecule has 2 saturated heterocycles. The number of piperidine rings is 1. The highest BCUT2D eigenvalue weighted by atomic mass is 16.6. The SMILES string of the molecule is C[C@H]1C[C@H](C)CN(C(=O)CN2CCN(C(=O)c3cc4cccc([N+](=O)[O-])c4[nH]3)CC2)C1. The number of carbonyl (C=O) groups excluding carboxylic acids is 2. The zero-order chi connectivity index (χ0) is 22.1. The van der Waals surface area contributed by atoms with E-state index in [1.54, 1.807) is 23.1 Å². The van der Waals surface area contributed by atoms with Crippen molar-refractivity contribution in [2.45, 2.75) is 20.3 Å². The normalized spacial score (nSPS) is 22.6. The molecule has 0 bridgehead atoms. The minimum Gasteiger partial charge on any atom is -0.345 e. The van der Waals surface area contributed by atoms with Crippen LogP contribution < -0.4 is 0 Å². The van der Waals surface area contributed by atoms with E-state index in [0.717, 1.165) is 13.1 Å². The Kier molecular flexibility index (Phi) is 5.95. The molecule has 3 heterocycles. The summed E-state index contributed by atoms with van der Waals surface area (Å²) in [4.78, 5) is 45.2. The summed E-state index contributed by atoms with van der Waals surface area (Å²) in [5.74, 6) is 1.07. The van der Waals surface area contributed by atoms with Crippen LogP contribution in [0.1, 0.15) is 30.8 Å². The van der Waals surface area contributed by atoms with Gasteiger partial charge in [-0.15, -0.1) is 0 Å². The number of hydrogen-bond acceptors (Lipinski definition) is 5. The maximum absolute atomic E-state index is 12.9. The van der Waals surface area contributed by atoms with E-state index in [1.807, 2.05) is 4.90 Å². The molecule has 1 aromatic carbocycles. The summed E-state index contributed by atoms with van der Waals surface area (Å²) >= 11 is 0. The Morgan fingerprint density at radius 1 is 1.10 bits per heavy atom. The van der Waals surface area contributed by atoms with Crippen molar-refractivity contribution in [2.75, 3.05) is 45.8 Å². The molecule has 9 nitrogen and oxygen atoms in total. The molecular formula is C22H29N5O4. The van der Waals surface area contributed by atoms with Crippen molar-refractivity contribution in [1.82, 2.24) is 19.7 Å². The van der Waals surface area contributed by atoms with Crippen LogP contribution in [0.15, 0.2) is 24.3 Å². The van der Waals surface area contributed by atoms with Gasteiger partial charge in [-0.05, 0) is 24.3 Å². The summed E-state index contributed by atoms with van der Waals surface area (Å²) < 4.78 is 0. The Labute approximate surface area is 181 Å². The highest BCUT2D eigenvalue weighted by Crippen LogP contribution is 2.26. The van der Waals surface area contributed by atoms with Gasteiger partial charge in [0.05, 0.1) is 11.5 Å². The molecule has 0 saturated carbocycles. The fourth-order valence-corrected chi connectivity index (χ4v) is 4.84. The van der Waals surface area contributed by atoms with Crippen molar-refractivity contribution < 1.29 is 14.5 Å². The average molecular weight is 428 g/mol. The van der Waals surface area contributed by atoms with Gasteiger partial charge in [-0.2, -0.15) is 0 Å². The topological polar surface area (TPSA) is 103 Å². The molecule has 2 fully saturated rings. The maximum atomic E-state index is 12.9. The predicted octanol–water partition coefficient (Wildman–Crippen LogP) is 2.34. The van der Waals surface area contributed by atoms with Gasteiger partial charge in [0.2, 0.25) is 5.91 Å². The first-order valence-corrected chi connectivity index (χ1v) is 10.9. The first-order valence-electron chi connectivity index (χ1n) is 10.9. The second-order valence-electron chi connectivity index (χ2n) is 8.99. The van der Waals surface area contributed by atoms with Gasteiger partial charge in [-0.25, -0.2) is 0 Å². The number of nitro benzene ring substituents is 1. The molecule has 2 aromatic rings. The quantitative estimate of drug-likeness (QED) is 0.596. The number of non-ortho nitro benzene ring substituents is 1. The van der Waals surface area contributed by atoms with Crippen molar-refractivity contribution in [3.63, 3.8) is 0 Å². The zero-order valence-corrected chi connectivity index (χ0v) is 18.0. The summed E-state index contributed by atoms with van der Waals surface area (Å²) in [6, 6.07) is 6.45. The van der Waals surface area contributed by atoms with Crippen molar-refractivity contribution in [3.8, 4) is 0 Å². The molecule has 1 N–H and O–H groups in total. The minimum absolute atomic E-state index is 0.0405. The molecule has 2 aliphatic rings. The second kappa shape index (κ2) is 8.66. The third kappa shape index (κ3) is 4.56. The number of nitrogens with one attached hydrogen (secondary N) is 1. The Hall–Kier alpha value is -2.94. The number of carbonyl (C=O) groups is 2. The van der Waals surface area contributed by atoms with Gasteiger partial charge in [-0.1, -0.05) is 26.0 Å². The summed E-state index contributed by atoms with van der Waals surface area (Å²) in [6.45, 7) is 8.75. The third-order valence-corrected chi connectivity index (χ3v) is 6.30. The molecule has 0 radical (unpaired) electrons. The van der Waals surface area contributed by atoms with E-state index in [1.165, 1.54) is 12.5 Å². The van der Waals surface area contributed by atoms with Crippen molar-refractivity contribution in [3.05, 3.63) is 40.1 Å². The standard InChI is InChI=1S/C22H29N5O4/c1-15-10-16(2)13-26(12-15)20(28)14-24-6-8-25(9-7-24)22(29)18-11-17-4-3-5-19(27(30)31)21(17)23-18/h3-5,11,15-16,23H,6-10,12-14H2,1-2H3/t15-,16-/m0/s1. The lowest BCUT2D eigenvalue weighted by Gasteiger charge is -2.38. The number of nitrogens with zero attached hydrogens (tertiary/aromatic N) is 4. The van der Waals surface area contributed by atoms with E-state index in [2.05, 4.69) is 23.7 Å². The van der Waals surface area contributed by atoms with E-state index >= 15 is 0 Å². The van der Waals surface area contributed by atoms with Gasteiger partial charge in [0.25, 0.3) is 11.6 Å². The average Bonchev–Trinajstić information content (AvgIpc) is 3.17. The smallest absolute Gasteiger partial charge is 0.293 e. The Balaban J connectivity index is 1.35. The molecule has 0 unspecified atom stereocenters. The molecule has 4 rings (SSSR count). The number of aromatic nitrogens is 1. The first-order chi connectivity index (χ1) is 14.8. The fraction of sp³-hybridized carbons (Fsp3) is 0.545. The number of H-pyrrole nitrogens is 1. The number of para-hydroxylation sites is 1. The van der Waals surface area contributed by atoms with Crippen LogP contribution in [0, 0.1) is 22.0 Å². The molecule has 0 aliphatic carbocycles. The molecule has 9 heteroatoms. The lowest BCUT2D eigenvalue weighted by molar-refractivity contribution is -0.383. The van der Waals surface area contributed by atoms with Crippen LogP contribution in [-0.2, 0) is 4.79 Å². The predicted molar refractivity (Wildman–Crippen MR) is 117 cm³/mol. The summed E-state index contributed by atoms with van der Waals surface area (Å²) in [5.41, 5.74) is 0.677. The Morgan fingerprint density at radius 2 is 1.77 bits per heavy atom. The van der Waals surface area contributed by atoms with Crippen LogP contribution in [-0.4, -0.2) is 82.2 Å². The van der Waals surface area contributed by atoms with Gasteiger partial charge >= 0.3 is 0 Å². The summed E-state index contributed by atoms with van der Waals surface area (Å²) in [5, 5.41) is 11.9. The van der Waals surface area contributed by atoms with Crippen LogP contribution in [0.5, 0.6) is 0 Å². The molecule has 31 heavy (non-hydrogen) atoms. The van der Waals surface area contributed by atoms with Crippen LogP contribution in [0.2, 0.25) is 0 Å². The van der Waals surface area contributed by atoms with Gasteiger partial charge in [0, 0.05) is 50.7 Å². The lowest BCUT2D eigenvalue weighted by atomic mass is 9.92. The van der Waals surface area contributed by atoms with Crippen LogP contribution in [0.4, 0.5) is 5.69 Å². The third-order valence-electron chi connectivity index (χ3n) is 6.30.